The Bertz CT molecular complexity index is 619. The fourth-order valence-electron chi connectivity index (χ4n) is 1.71. The van der Waals surface area contributed by atoms with Crippen LogP contribution < -0.4 is 9.95 Å². The Labute approximate surface area is 74.7 Å². The maximum atomic E-state index is 5.49. The van der Waals surface area contributed by atoms with Crippen molar-refractivity contribution in [1.82, 2.24) is 0 Å². The molecule has 0 aliphatic heterocycles. The number of nitrogens with zero attached hydrogens (tertiary/aromatic N) is 1. The molecule has 2 heterocycles. The van der Waals surface area contributed by atoms with Gasteiger partial charge in [-0.15, -0.1) is 4.40 Å². The molecular weight excluding hydrogens is 162 g/mol. The average Bonchev–Trinajstić information content (AvgIpc) is 2.47. The third kappa shape index (κ3) is 0.746. The molecule has 0 N–H and O–H groups in total. The molecule has 2 aromatic heterocycles. The van der Waals surface area contributed by atoms with Crippen molar-refractivity contribution in [3.05, 3.63) is 42.1 Å². The van der Waals surface area contributed by atoms with Gasteiger partial charge in [-0.1, -0.05) is 6.07 Å². The van der Waals surface area contributed by atoms with Crippen LogP contribution in [-0.2, 0) is 0 Å². The molecule has 0 radical (unpaired) electrons. The van der Waals surface area contributed by atoms with E-state index < -0.39 is 0 Å². The summed E-state index contributed by atoms with van der Waals surface area (Å²) >= 11 is 0. The lowest BCUT2D eigenvalue weighted by Crippen LogP contribution is -2.35. The summed E-state index contributed by atoms with van der Waals surface area (Å²) < 4.78 is 7.45. The first kappa shape index (κ1) is 6.66. The van der Waals surface area contributed by atoms with Crippen LogP contribution in [0.2, 0.25) is 0 Å². The van der Waals surface area contributed by atoms with Crippen molar-refractivity contribution in [1.29, 1.82) is 0 Å². The predicted octanol–water partition coefficient (Wildman–Crippen LogP) is 1.30. The van der Waals surface area contributed by atoms with Gasteiger partial charge in [-0.05, 0) is 18.2 Å². The summed E-state index contributed by atoms with van der Waals surface area (Å²) in [4.78, 5) is 0. The first-order valence-electron chi connectivity index (χ1n) is 4.17. The van der Waals surface area contributed by atoms with E-state index in [4.69, 9.17) is 4.42 Å². The Hall–Kier alpha value is -1.83. The minimum Gasteiger partial charge on any atom is -0.398 e. The molecule has 3 rings (SSSR count). The third-order valence-corrected chi connectivity index (χ3v) is 2.28. The van der Waals surface area contributed by atoms with E-state index in [0.717, 1.165) is 11.1 Å². The molecule has 0 saturated carbocycles. The van der Waals surface area contributed by atoms with Gasteiger partial charge in [0.15, 0.2) is 6.20 Å². The van der Waals surface area contributed by atoms with E-state index in [9.17, 15) is 0 Å². The summed E-state index contributed by atoms with van der Waals surface area (Å²) in [6.45, 7) is 3.83. The van der Waals surface area contributed by atoms with Crippen LogP contribution in [0.4, 0.5) is 0 Å². The van der Waals surface area contributed by atoms with Crippen LogP contribution in [0.3, 0.4) is 0 Å². The van der Waals surface area contributed by atoms with Crippen molar-refractivity contribution in [2.75, 3.05) is 0 Å². The van der Waals surface area contributed by atoms with Crippen LogP contribution in [0, 0.1) is 0 Å². The van der Waals surface area contributed by atoms with E-state index in [-0.39, 0.29) is 0 Å². The van der Waals surface area contributed by atoms with Crippen molar-refractivity contribution in [2.24, 2.45) is 0 Å². The second-order valence-electron chi connectivity index (χ2n) is 3.07. The van der Waals surface area contributed by atoms with Gasteiger partial charge in [-0.25, -0.2) is 0 Å². The quantitative estimate of drug-likeness (QED) is 0.465. The van der Waals surface area contributed by atoms with E-state index in [1.807, 2.05) is 28.8 Å². The smallest absolute Gasteiger partial charge is 0.372 e. The van der Waals surface area contributed by atoms with E-state index in [1.54, 1.807) is 0 Å². The highest BCUT2D eigenvalue weighted by Crippen LogP contribution is 2.14. The average molecular weight is 170 g/mol. The molecule has 0 fully saturated rings. The summed E-state index contributed by atoms with van der Waals surface area (Å²) in [5.41, 5.74) is 2.67. The molecule has 1 aromatic carbocycles. The van der Waals surface area contributed by atoms with E-state index in [1.165, 1.54) is 5.39 Å². The van der Waals surface area contributed by atoms with Gasteiger partial charge in [0.2, 0.25) is 5.58 Å². The van der Waals surface area contributed by atoms with Crippen LogP contribution >= 0.6 is 0 Å². The third-order valence-electron chi connectivity index (χ3n) is 2.28. The molecule has 0 spiro atoms. The molecular formula is C11H8NO+. The second-order valence-corrected chi connectivity index (χ2v) is 3.07. The lowest BCUT2D eigenvalue weighted by atomic mass is 10.2. The zero-order valence-electron chi connectivity index (χ0n) is 7.03. The Morgan fingerprint density at radius 2 is 2.00 bits per heavy atom. The number of pyridine rings is 1. The Morgan fingerprint density at radius 3 is 2.92 bits per heavy atom. The van der Waals surface area contributed by atoms with Crippen LogP contribution in [0.1, 0.15) is 0 Å². The lowest BCUT2D eigenvalue weighted by molar-refractivity contribution is -0.533. The van der Waals surface area contributed by atoms with Crippen molar-refractivity contribution in [3.63, 3.8) is 0 Å². The number of para-hydroxylation sites is 1. The van der Waals surface area contributed by atoms with Gasteiger partial charge in [-0.3, -0.25) is 0 Å². The van der Waals surface area contributed by atoms with Crippen LogP contribution in [0.25, 0.3) is 23.1 Å². The number of aromatic nitrogens is 1. The standard InChI is InChI=1S/C11H8NO/c1-8-12-7-3-5-9-4-2-6-10(13-8)11(9)12/h2-7H,1H2/q+1. The van der Waals surface area contributed by atoms with Crippen LogP contribution in [-0.4, -0.2) is 0 Å². The van der Waals surface area contributed by atoms with E-state index >= 15 is 0 Å². The summed E-state index contributed by atoms with van der Waals surface area (Å²) in [5, 5.41) is 1.18. The van der Waals surface area contributed by atoms with Crippen LogP contribution in [0.15, 0.2) is 40.9 Å². The molecule has 0 saturated heterocycles. The van der Waals surface area contributed by atoms with Gasteiger partial charge in [0.1, 0.15) is 0 Å². The van der Waals surface area contributed by atoms with Crippen molar-refractivity contribution < 1.29 is 8.82 Å². The fourth-order valence-corrected chi connectivity index (χ4v) is 1.71. The number of benzene rings is 1. The van der Waals surface area contributed by atoms with Gasteiger partial charge in [0.05, 0.1) is 5.39 Å². The van der Waals surface area contributed by atoms with Crippen molar-refractivity contribution in [3.8, 4) is 0 Å². The monoisotopic (exact) mass is 170 g/mol. The number of oxazole rings is 1. The molecule has 13 heavy (non-hydrogen) atoms. The van der Waals surface area contributed by atoms with Gasteiger partial charge in [-0.2, -0.15) is 0 Å². The summed E-state index contributed by atoms with van der Waals surface area (Å²) in [6, 6.07) is 10.1. The highest BCUT2D eigenvalue weighted by atomic mass is 16.3. The number of hydrogen-bond donors (Lipinski definition) is 0. The molecule has 0 aliphatic rings. The summed E-state index contributed by atoms with van der Waals surface area (Å²) in [7, 11) is 0. The van der Waals surface area contributed by atoms with Gasteiger partial charge < -0.3 is 4.42 Å². The highest BCUT2D eigenvalue weighted by molar-refractivity contribution is 5.88. The minimum atomic E-state index is 0.673. The zero-order valence-corrected chi connectivity index (χ0v) is 7.03. The molecule has 3 aromatic rings. The first-order chi connectivity index (χ1) is 6.36. The largest absolute Gasteiger partial charge is 0.398 e. The molecule has 62 valence electrons. The van der Waals surface area contributed by atoms with Gasteiger partial charge >= 0.3 is 5.55 Å². The number of rotatable bonds is 0. The van der Waals surface area contributed by atoms with E-state index in [0.29, 0.717) is 5.55 Å². The molecule has 0 atom stereocenters. The Morgan fingerprint density at radius 1 is 1.15 bits per heavy atom. The molecule has 2 nitrogen and oxygen atoms in total. The normalized spacial score (nSPS) is 11.4. The van der Waals surface area contributed by atoms with Gasteiger partial charge in [0, 0.05) is 12.6 Å². The molecule has 0 bridgehead atoms. The Kier molecular flexibility index (Phi) is 1.08. The van der Waals surface area contributed by atoms with Gasteiger partial charge in [0.25, 0.3) is 5.52 Å². The molecule has 2 heteroatoms. The first-order valence-corrected chi connectivity index (χ1v) is 4.17. The lowest BCUT2D eigenvalue weighted by Gasteiger charge is -1.87. The van der Waals surface area contributed by atoms with Crippen molar-refractivity contribution >= 4 is 23.1 Å². The maximum absolute atomic E-state index is 5.49. The molecule has 0 unspecified atom stereocenters. The SMILES string of the molecule is C=c1oc2cccc3ccc[n+]1c32. The second kappa shape index (κ2) is 2.10. The number of hydrogen-bond acceptors (Lipinski definition) is 1. The topological polar surface area (TPSA) is 17.2 Å². The van der Waals surface area contributed by atoms with Crippen molar-refractivity contribution in [2.45, 2.75) is 0 Å². The summed E-state index contributed by atoms with van der Waals surface area (Å²) in [5.74, 6) is 0. The molecule has 0 aliphatic carbocycles. The summed E-state index contributed by atoms with van der Waals surface area (Å²) in [6.07, 6.45) is 1.96. The minimum absolute atomic E-state index is 0.673. The maximum Gasteiger partial charge on any atom is 0.372 e. The van der Waals surface area contributed by atoms with Crippen LogP contribution in [0.5, 0.6) is 0 Å². The zero-order chi connectivity index (χ0) is 8.84. The fraction of sp³-hybridized carbons (Fsp3) is 0. The predicted molar refractivity (Wildman–Crippen MR) is 50.1 cm³/mol. The Balaban J connectivity index is 2.83. The van der Waals surface area contributed by atoms with E-state index in [2.05, 4.69) is 18.7 Å². The highest BCUT2D eigenvalue weighted by Gasteiger charge is 2.13. The molecule has 0 amide bonds.